The average molecular weight is 323 g/mol. The first kappa shape index (κ1) is 14.7. The molecule has 21 heavy (non-hydrogen) atoms. The van der Waals surface area contributed by atoms with Crippen molar-refractivity contribution >= 4 is 44.6 Å². The summed E-state index contributed by atoms with van der Waals surface area (Å²) < 4.78 is 0.957. The molecule has 1 amide bonds. The van der Waals surface area contributed by atoms with E-state index in [9.17, 15) is 4.79 Å². The molecule has 1 atom stereocenters. The Balaban J connectivity index is 1.84. The molecule has 1 aliphatic rings. The first-order chi connectivity index (χ1) is 10.1. The summed E-state index contributed by atoms with van der Waals surface area (Å²) in [5.41, 5.74) is 6.63. The molecular formula is C16H19ClN2OS. The highest BCUT2D eigenvalue weighted by atomic mass is 35.5. The molecule has 1 aliphatic carbocycles. The van der Waals surface area contributed by atoms with Crippen LogP contribution >= 0.6 is 22.9 Å². The summed E-state index contributed by atoms with van der Waals surface area (Å²) in [5.74, 6) is 0.511. The van der Waals surface area contributed by atoms with Crippen LogP contribution in [0, 0.1) is 5.92 Å². The highest BCUT2D eigenvalue weighted by molar-refractivity contribution is 7.21. The van der Waals surface area contributed by atoms with Crippen molar-refractivity contribution in [2.45, 2.75) is 38.6 Å². The Morgan fingerprint density at radius 2 is 2.14 bits per heavy atom. The second kappa shape index (κ2) is 5.85. The first-order valence-corrected chi connectivity index (χ1v) is 8.54. The lowest BCUT2D eigenvalue weighted by Gasteiger charge is -2.20. The number of fused-ring (bicyclic) bond motifs is 1. The van der Waals surface area contributed by atoms with Crippen LogP contribution in [-0.2, 0) is 0 Å². The van der Waals surface area contributed by atoms with Crippen molar-refractivity contribution in [1.29, 1.82) is 0 Å². The third-order valence-corrected chi connectivity index (χ3v) is 5.86. The molecule has 112 valence electrons. The van der Waals surface area contributed by atoms with Gasteiger partial charge in [-0.3, -0.25) is 4.79 Å². The minimum atomic E-state index is -0.0795. The number of amides is 1. The monoisotopic (exact) mass is 322 g/mol. The number of carbonyl (C=O) groups excluding carboxylic acids is 1. The predicted octanol–water partition coefficient (Wildman–Crippen LogP) is 4.45. The number of halogens is 1. The van der Waals surface area contributed by atoms with E-state index in [0.717, 1.165) is 10.1 Å². The number of rotatable bonds is 3. The van der Waals surface area contributed by atoms with Crippen molar-refractivity contribution < 1.29 is 4.79 Å². The molecule has 3 rings (SSSR count). The molecule has 5 heteroatoms. The van der Waals surface area contributed by atoms with E-state index in [2.05, 4.69) is 12.2 Å². The number of anilines is 1. The molecule has 0 aliphatic heterocycles. The number of nitrogen functional groups attached to an aromatic ring is 1. The Bertz CT molecular complexity index is 676. The van der Waals surface area contributed by atoms with Crippen molar-refractivity contribution in [2.24, 2.45) is 5.92 Å². The fourth-order valence-corrected chi connectivity index (χ4v) is 4.53. The molecule has 0 spiro atoms. The van der Waals surface area contributed by atoms with Gasteiger partial charge in [-0.05, 0) is 37.8 Å². The number of carbonyl (C=O) groups is 1. The van der Waals surface area contributed by atoms with Gasteiger partial charge >= 0.3 is 0 Å². The van der Waals surface area contributed by atoms with Crippen molar-refractivity contribution in [3.63, 3.8) is 0 Å². The maximum absolute atomic E-state index is 12.5. The van der Waals surface area contributed by atoms with Gasteiger partial charge in [-0.25, -0.2) is 0 Å². The van der Waals surface area contributed by atoms with E-state index in [0.29, 0.717) is 21.5 Å². The Morgan fingerprint density at radius 1 is 1.43 bits per heavy atom. The molecule has 1 unspecified atom stereocenters. The summed E-state index contributed by atoms with van der Waals surface area (Å²) >= 11 is 7.59. The SMILES string of the molecule is CC(NC(=O)c1sc2cccc(Cl)c2c1N)C1CCCC1. The normalized spacial score (nSPS) is 17.2. The Hall–Kier alpha value is -1.26. The molecule has 3 N–H and O–H groups in total. The van der Waals surface area contributed by atoms with Crippen LogP contribution in [0.1, 0.15) is 42.3 Å². The van der Waals surface area contributed by atoms with Gasteiger partial charge in [-0.1, -0.05) is 30.5 Å². The van der Waals surface area contributed by atoms with Gasteiger partial charge in [0.1, 0.15) is 4.88 Å². The van der Waals surface area contributed by atoms with Crippen molar-refractivity contribution in [2.75, 3.05) is 5.73 Å². The van der Waals surface area contributed by atoms with Crippen LogP contribution in [0.5, 0.6) is 0 Å². The van der Waals surface area contributed by atoms with Crippen LogP contribution in [-0.4, -0.2) is 11.9 Å². The first-order valence-electron chi connectivity index (χ1n) is 7.35. The summed E-state index contributed by atoms with van der Waals surface area (Å²) in [4.78, 5) is 13.1. The van der Waals surface area contributed by atoms with Crippen LogP contribution in [0.15, 0.2) is 18.2 Å². The van der Waals surface area contributed by atoms with Crippen LogP contribution in [0.3, 0.4) is 0 Å². The maximum Gasteiger partial charge on any atom is 0.263 e. The predicted molar refractivity (Wildman–Crippen MR) is 90.1 cm³/mol. The van der Waals surface area contributed by atoms with E-state index in [4.69, 9.17) is 17.3 Å². The molecule has 0 saturated heterocycles. The van der Waals surface area contributed by atoms with E-state index >= 15 is 0 Å². The topological polar surface area (TPSA) is 55.1 Å². The minimum absolute atomic E-state index is 0.0795. The lowest BCUT2D eigenvalue weighted by atomic mass is 10.00. The zero-order valence-electron chi connectivity index (χ0n) is 12.0. The number of nitrogens with two attached hydrogens (primary N) is 1. The molecule has 0 bridgehead atoms. The standard InChI is InChI=1S/C16H19ClN2OS/c1-9(10-5-2-3-6-10)19-16(20)15-14(18)13-11(17)7-4-8-12(13)21-15/h4,7-10H,2-3,5-6,18H2,1H3,(H,19,20). The highest BCUT2D eigenvalue weighted by Crippen LogP contribution is 2.38. The zero-order chi connectivity index (χ0) is 15.0. The van der Waals surface area contributed by atoms with Crippen LogP contribution < -0.4 is 11.1 Å². The lowest BCUT2D eigenvalue weighted by Crippen LogP contribution is -2.37. The van der Waals surface area contributed by atoms with Gasteiger partial charge in [0.15, 0.2) is 0 Å². The molecule has 2 aromatic rings. The van der Waals surface area contributed by atoms with Gasteiger partial charge in [-0.15, -0.1) is 11.3 Å². The third kappa shape index (κ3) is 2.74. The van der Waals surface area contributed by atoms with Crippen molar-refractivity contribution in [3.05, 3.63) is 28.1 Å². The fraction of sp³-hybridized carbons (Fsp3) is 0.438. The maximum atomic E-state index is 12.5. The van der Waals surface area contributed by atoms with Gasteiger partial charge in [0.05, 0.1) is 10.7 Å². The van der Waals surface area contributed by atoms with Crippen LogP contribution in [0.25, 0.3) is 10.1 Å². The van der Waals surface area contributed by atoms with Gasteiger partial charge in [0.25, 0.3) is 5.91 Å². The summed E-state index contributed by atoms with van der Waals surface area (Å²) in [7, 11) is 0. The van der Waals surface area contributed by atoms with Gasteiger partial charge < -0.3 is 11.1 Å². The van der Waals surface area contributed by atoms with E-state index in [1.807, 2.05) is 12.1 Å². The van der Waals surface area contributed by atoms with Crippen LogP contribution in [0.4, 0.5) is 5.69 Å². The lowest BCUT2D eigenvalue weighted by molar-refractivity contribution is 0.0932. The zero-order valence-corrected chi connectivity index (χ0v) is 13.6. The molecule has 1 aromatic heterocycles. The number of benzene rings is 1. The molecule has 1 aromatic carbocycles. The molecule has 0 radical (unpaired) electrons. The summed E-state index contributed by atoms with van der Waals surface area (Å²) in [5, 5.41) is 4.50. The van der Waals surface area contributed by atoms with Crippen molar-refractivity contribution in [1.82, 2.24) is 5.32 Å². The number of nitrogens with one attached hydrogen (secondary N) is 1. The van der Waals surface area contributed by atoms with E-state index < -0.39 is 0 Å². The van der Waals surface area contributed by atoms with Gasteiger partial charge in [0.2, 0.25) is 0 Å². The molecule has 1 fully saturated rings. The molecular weight excluding hydrogens is 304 g/mol. The fourth-order valence-electron chi connectivity index (χ4n) is 3.15. The summed E-state index contributed by atoms with van der Waals surface area (Å²) in [6.07, 6.45) is 4.95. The molecule has 1 heterocycles. The van der Waals surface area contributed by atoms with Crippen molar-refractivity contribution in [3.8, 4) is 0 Å². The number of hydrogen-bond donors (Lipinski definition) is 2. The van der Waals surface area contributed by atoms with E-state index in [-0.39, 0.29) is 11.9 Å². The smallest absolute Gasteiger partial charge is 0.263 e. The van der Waals surface area contributed by atoms with Gasteiger partial charge in [-0.2, -0.15) is 0 Å². The Kier molecular flexibility index (Phi) is 4.09. The van der Waals surface area contributed by atoms with Gasteiger partial charge in [0, 0.05) is 16.1 Å². The second-order valence-electron chi connectivity index (χ2n) is 5.76. The van der Waals surface area contributed by atoms with E-state index in [1.54, 1.807) is 6.07 Å². The minimum Gasteiger partial charge on any atom is -0.397 e. The third-order valence-electron chi connectivity index (χ3n) is 4.37. The largest absolute Gasteiger partial charge is 0.397 e. The average Bonchev–Trinajstić information content (AvgIpc) is 3.07. The second-order valence-corrected chi connectivity index (χ2v) is 7.22. The summed E-state index contributed by atoms with van der Waals surface area (Å²) in [6.45, 7) is 2.09. The van der Waals surface area contributed by atoms with Crippen LogP contribution in [0.2, 0.25) is 5.02 Å². The Labute approximate surface area is 133 Å². The number of hydrogen-bond acceptors (Lipinski definition) is 3. The summed E-state index contributed by atoms with van der Waals surface area (Å²) in [6, 6.07) is 5.82. The molecule has 1 saturated carbocycles. The Morgan fingerprint density at radius 3 is 2.81 bits per heavy atom. The number of thiophene rings is 1. The quantitative estimate of drug-likeness (QED) is 0.877. The van der Waals surface area contributed by atoms with E-state index in [1.165, 1.54) is 37.0 Å². The highest BCUT2D eigenvalue weighted by Gasteiger charge is 2.25. The molecule has 3 nitrogen and oxygen atoms in total.